The molecule has 0 aromatic heterocycles. The summed E-state index contributed by atoms with van der Waals surface area (Å²) in [6.07, 6.45) is 0. The highest BCUT2D eigenvalue weighted by Gasteiger charge is 2.25. The van der Waals surface area contributed by atoms with Crippen LogP contribution in [0.4, 0.5) is 5.69 Å². The number of amides is 1. The van der Waals surface area contributed by atoms with Crippen LogP contribution in [-0.4, -0.2) is 68.2 Å². The van der Waals surface area contributed by atoms with Crippen LogP contribution in [0, 0.1) is 0 Å². The Morgan fingerprint density at radius 2 is 1.66 bits per heavy atom. The van der Waals surface area contributed by atoms with Crippen molar-refractivity contribution in [1.29, 1.82) is 0 Å². The molecule has 1 heterocycles. The lowest BCUT2D eigenvalue weighted by Gasteiger charge is -2.37. The van der Waals surface area contributed by atoms with Crippen LogP contribution in [0.2, 0.25) is 5.02 Å². The SMILES string of the molecule is COc1ccc(OCCN2CCN([C@H](C)C(=O)Nc3ccc(Cl)cc3)CC2)cc1. The lowest BCUT2D eigenvalue weighted by atomic mass is 10.2. The molecule has 1 aliphatic heterocycles. The quantitative estimate of drug-likeness (QED) is 0.713. The number of piperazine rings is 1. The molecule has 2 aromatic rings. The third-order valence-electron chi connectivity index (χ3n) is 5.18. The van der Waals surface area contributed by atoms with Crippen LogP contribution in [0.3, 0.4) is 0 Å². The molecule has 7 heteroatoms. The number of methoxy groups -OCH3 is 1. The third kappa shape index (κ3) is 6.35. The van der Waals surface area contributed by atoms with Gasteiger partial charge in [0.15, 0.2) is 0 Å². The van der Waals surface area contributed by atoms with Gasteiger partial charge in [0, 0.05) is 43.4 Å². The smallest absolute Gasteiger partial charge is 0.241 e. The topological polar surface area (TPSA) is 54.0 Å². The van der Waals surface area contributed by atoms with E-state index < -0.39 is 0 Å². The highest BCUT2D eigenvalue weighted by Crippen LogP contribution is 2.17. The Morgan fingerprint density at radius 3 is 2.28 bits per heavy atom. The second-order valence-electron chi connectivity index (χ2n) is 7.07. The average molecular weight is 418 g/mol. The number of hydrogen-bond donors (Lipinski definition) is 1. The first-order valence-electron chi connectivity index (χ1n) is 9.85. The normalized spacial score (nSPS) is 16.2. The zero-order valence-electron chi connectivity index (χ0n) is 16.9. The maximum Gasteiger partial charge on any atom is 0.241 e. The van der Waals surface area contributed by atoms with Gasteiger partial charge in [0.2, 0.25) is 5.91 Å². The molecule has 1 atom stereocenters. The predicted molar refractivity (Wildman–Crippen MR) is 116 cm³/mol. The van der Waals surface area contributed by atoms with E-state index in [-0.39, 0.29) is 11.9 Å². The summed E-state index contributed by atoms with van der Waals surface area (Å²) < 4.78 is 11.0. The van der Waals surface area contributed by atoms with Crippen LogP contribution >= 0.6 is 11.6 Å². The molecule has 0 radical (unpaired) electrons. The van der Waals surface area contributed by atoms with E-state index in [4.69, 9.17) is 21.1 Å². The molecule has 0 aliphatic carbocycles. The largest absolute Gasteiger partial charge is 0.497 e. The van der Waals surface area contributed by atoms with Gasteiger partial charge in [0.1, 0.15) is 18.1 Å². The molecular formula is C22H28ClN3O3. The van der Waals surface area contributed by atoms with Gasteiger partial charge in [0.25, 0.3) is 0 Å². The standard InChI is InChI=1S/C22H28ClN3O3/c1-17(22(27)24-19-5-3-18(23)4-6-19)26-13-11-25(12-14-26)15-16-29-21-9-7-20(28-2)8-10-21/h3-10,17H,11-16H2,1-2H3,(H,24,27)/t17-/m1/s1. The van der Waals surface area contributed by atoms with Gasteiger partial charge in [-0.2, -0.15) is 0 Å². The second kappa shape index (κ2) is 10.5. The molecule has 0 spiro atoms. The first-order valence-corrected chi connectivity index (χ1v) is 10.2. The monoisotopic (exact) mass is 417 g/mol. The molecule has 0 saturated carbocycles. The van der Waals surface area contributed by atoms with E-state index in [1.807, 2.05) is 43.3 Å². The Balaban J connectivity index is 1.37. The fraction of sp³-hybridized carbons (Fsp3) is 0.409. The summed E-state index contributed by atoms with van der Waals surface area (Å²) in [5.74, 6) is 1.67. The summed E-state index contributed by atoms with van der Waals surface area (Å²) >= 11 is 5.89. The Hall–Kier alpha value is -2.28. The molecule has 1 fully saturated rings. The maximum absolute atomic E-state index is 12.5. The minimum absolute atomic E-state index is 0.00334. The number of carbonyl (C=O) groups excluding carboxylic acids is 1. The Labute approximate surface area is 177 Å². The summed E-state index contributed by atoms with van der Waals surface area (Å²) in [5, 5.41) is 3.61. The summed E-state index contributed by atoms with van der Waals surface area (Å²) in [5.41, 5.74) is 0.764. The molecular weight excluding hydrogens is 390 g/mol. The van der Waals surface area contributed by atoms with Gasteiger partial charge < -0.3 is 14.8 Å². The van der Waals surface area contributed by atoms with Gasteiger partial charge in [-0.15, -0.1) is 0 Å². The lowest BCUT2D eigenvalue weighted by Crippen LogP contribution is -2.53. The van der Waals surface area contributed by atoms with Gasteiger partial charge in [0.05, 0.1) is 13.2 Å². The summed E-state index contributed by atoms with van der Waals surface area (Å²) in [4.78, 5) is 17.1. The molecule has 6 nitrogen and oxygen atoms in total. The summed E-state index contributed by atoms with van der Waals surface area (Å²) in [6, 6.07) is 14.6. The van der Waals surface area contributed by atoms with E-state index in [9.17, 15) is 4.79 Å². The van der Waals surface area contributed by atoms with Crippen LogP contribution in [-0.2, 0) is 4.79 Å². The van der Waals surface area contributed by atoms with Gasteiger partial charge in [-0.1, -0.05) is 11.6 Å². The van der Waals surface area contributed by atoms with E-state index >= 15 is 0 Å². The van der Waals surface area contributed by atoms with Crippen molar-refractivity contribution in [2.24, 2.45) is 0 Å². The highest BCUT2D eigenvalue weighted by molar-refractivity contribution is 6.30. The molecule has 2 aromatic carbocycles. The predicted octanol–water partition coefficient (Wildman–Crippen LogP) is 3.37. The van der Waals surface area contributed by atoms with Crippen LogP contribution < -0.4 is 14.8 Å². The van der Waals surface area contributed by atoms with Gasteiger partial charge in [-0.25, -0.2) is 0 Å². The van der Waals surface area contributed by atoms with Crippen molar-refractivity contribution in [2.45, 2.75) is 13.0 Å². The molecule has 1 amide bonds. The average Bonchev–Trinajstić information content (AvgIpc) is 2.76. The second-order valence-corrected chi connectivity index (χ2v) is 7.51. The maximum atomic E-state index is 12.5. The first-order chi connectivity index (χ1) is 14.0. The van der Waals surface area contributed by atoms with E-state index in [2.05, 4.69) is 15.1 Å². The van der Waals surface area contributed by atoms with Crippen LogP contribution in [0.25, 0.3) is 0 Å². The first kappa shape index (κ1) is 21.4. The van der Waals surface area contributed by atoms with E-state index in [1.165, 1.54) is 0 Å². The van der Waals surface area contributed by atoms with Crippen LogP contribution in [0.5, 0.6) is 11.5 Å². The van der Waals surface area contributed by atoms with Crippen molar-refractivity contribution in [3.05, 3.63) is 53.6 Å². The Morgan fingerprint density at radius 1 is 1.03 bits per heavy atom. The molecule has 0 bridgehead atoms. The van der Waals surface area contributed by atoms with Crippen LogP contribution in [0.1, 0.15) is 6.92 Å². The minimum Gasteiger partial charge on any atom is -0.497 e. The zero-order chi connectivity index (χ0) is 20.6. The lowest BCUT2D eigenvalue weighted by molar-refractivity contribution is -0.121. The summed E-state index contributed by atoms with van der Waals surface area (Å²) in [6.45, 7) is 7.02. The molecule has 29 heavy (non-hydrogen) atoms. The molecule has 0 unspecified atom stereocenters. The van der Waals surface area contributed by atoms with Gasteiger partial charge in [-0.05, 0) is 55.5 Å². The zero-order valence-corrected chi connectivity index (χ0v) is 17.7. The molecule has 3 rings (SSSR count). The van der Waals surface area contributed by atoms with Crippen molar-refractivity contribution >= 4 is 23.2 Å². The summed E-state index contributed by atoms with van der Waals surface area (Å²) in [7, 11) is 1.65. The molecule has 1 aliphatic rings. The van der Waals surface area contributed by atoms with Gasteiger partial charge in [-0.3, -0.25) is 14.6 Å². The Bertz CT molecular complexity index is 775. The number of nitrogens with zero attached hydrogens (tertiary/aromatic N) is 2. The third-order valence-corrected chi connectivity index (χ3v) is 5.43. The fourth-order valence-corrected chi connectivity index (χ4v) is 3.41. The molecule has 1 saturated heterocycles. The van der Waals surface area contributed by atoms with E-state index in [1.54, 1.807) is 19.2 Å². The fourth-order valence-electron chi connectivity index (χ4n) is 3.28. The highest BCUT2D eigenvalue weighted by atomic mass is 35.5. The number of benzene rings is 2. The van der Waals surface area contributed by atoms with Crippen molar-refractivity contribution in [3.63, 3.8) is 0 Å². The molecule has 156 valence electrons. The molecule has 1 N–H and O–H groups in total. The van der Waals surface area contributed by atoms with Crippen LogP contribution in [0.15, 0.2) is 48.5 Å². The number of rotatable bonds is 8. The van der Waals surface area contributed by atoms with Crippen molar-refractivity contribution in [2.75, 3.05) is 51.8 Å². The van der Waals surface area contributed by atoms with Crippen molar-refractivity contribution < 1.29 is 14.3 Å². The van der Waals surface area contributed by atoms with Crippen molar-refractivity contribution in [3.8, 4) is 11.5 Å². The number of halogens is 1. The van der Waals surface area contributed by atoms with Gasteiger partial charge >= 0.3 is 0 Å². The van der Waals surface area contributed by atoms with E-state index in [0.29, 0.717) is 11.6 Å². The number of anilines is 1. The minimum atomic E-state index is -0.177. The number of carbonyl (C=O) groups is 1. The van der Waals surface area contributed by atoms with E-state index in [0.717, 1.165) is 49.9 Å². The van der Waals surface area contributed by atoms with Crippen molar-refractivity contribution in [1.82, 2.24) is 9.80 Å². The number of ether oxygens (including phenoxy) is 2. The number of nitrogens with one attached hydrogen (secondary N) is 1. The number of hydrogen-bond acceptors (Lipinski definition) is 5. The Kier molecular flexibility index (Phi) is 7.75.